The van der Waals surface area contributed by atoms with Crippen LogP contribution in [0.2, 0.25) is 5.02 Å². The monoisotopic (exact) mass is 360 g/mol. The third-order valence-corrected chi connectivity index (χ3v) is 5.05. The van der Waals surface area contributed by atoms with Gasteiger partial charge in [0.25, 0.3) is 0 Å². The van der Waals surface area contributed by atoms with Crippen molar-refractivity contribution >= 4 is 17.5 Å². The van der Waals surface area contributed by atoms with Crippen molar-refractivity contribution in [2.24, 2.45) is 5.92 Å². The number of hydrogen-bond acceptors (Lipinski definition) is 3. The van der Waals surface area contributed by atoms with Crippen molar-refractivity contribution in [1.29, 1.82) is 0 Å². The fourth-order valence-corrected chi connectivity index (χ4v) is 3.51. The van der Waals surface area contributed by atoms with E-state index in [2.05, 4.69) is 21.3 Å². The van der Waals surface area contributed by atoms with E-state index in [4.69, 9.17) is 11.6 Å². The molecule has 2 heterocycles. The molecule has 25 heavy (non-hydrogen) atoms. The highest BCUT2D eigenvalue weighted by atomic mass is 35.5. The van der Waals surface area contributed by atoms with Crippen LogP contribution >= 0.6 is 11.6 Å². The molecule has 0 radical (unpaired) electrons. The van der Waals surface area contributed by atoms with Gasteiger partial charge in [-0.3, -0.25) is 9.69 Å². The third kappa shape index (κ3) is 5.31. The van der Waals surface area contributed by atoms with Crippen molar-refractivity contribution in [3.63, 3.8) is 0 Å². The summed E-state index contributed by atoms with van der Waals surface area (Å²) in [4.78, 5) is 18.8. The molecule has 2 aromatic rings. The number of carbonyl (C=O) groups excluding carboxylic acids is 1. The zero-order chi connectivity index (χ0) is 17.5. The molecule has 134 valence electrons. The molecule has 0 bridgehead atoms. The van der Waals surface area contributed by atoms with E-state index in [1.807, 2.05) is 29.0 Å². The second-order valence-electron chi connectivity index (χ2n) is 6.61. The Morgan fingerprint density at radius 2 is 2.24 bits per heavy atom. The van der Waals surface area contributed by atoms with E-state index in [9.17, 15) is 4.79 Å². The van der Waals surface area contributed by atoms with Crippen LogP contribution in [0.25, 0.3) is 0 Å². The number of nitrogens with zero attached hydrogens (tertiary/aromatic N) is 3. The predicted molar refractivity (Wildman–Crippen MR) is 99.3 cm³/mol. The molecule has 0 spiro atoms. The van der Waals surface area contributed by atoms with E-state index in [1.54, 1.807) is 12.5 Å². The number of likely N-dealkylation sites (tertiary alicyclic amines) is 1. The van der Waals surface area contributed by atoms with Crippen LogP contribution in [0.1, 0.15) is 24.8 Å². The minimum atomic E-state index is 0.0736. The fraction of sp³-hybridized carbons (Fsp3) is 0.474. The SMILES string of the molecule is O=C(NCCCn1ccnc1)C1CCCN(Cc2ccccc2Cl)C1. The molecule has 1 aromatic carbocycles. The number of imidazole rings is 1. The summed E-state index contributed by atoms with van der Waals surface area (Å²) >= 11 is 6.26. The third-order valence-electron chi connectivity index (χ3n) is 4.68. The number of halogens is 1. The van der Waals surface area contributed by atoms with Gasteiger partial charge in [0.1, 0.15) is 0 Å². The van der Waals surface area contributed by atoms with Crippen LogP contribution in [0.4, 0.5) is 0 Å². The highest BCUT2D eigenvalue weighted by Gasteiger charge is 2.25. The van der Waals surface area contributed by atoms with Crippen molar-refractivity contribution in [1.82, 2.24) is 19.8 Å². The summed E-state index contributed by atoms with van der Waals surface area (Å²) in [5.74, 6) is 0.249. The average Bonchev–Trinajstić information content (AvgIpc) is 3.14. The average molecular weight is 361 g/mol. The van der Waals surface area contributed by atoms with Gasteiger partial charge in [0.15, 0.2) is 0 Å². The standard InChI is InChI=1S/C19H25ClN4O/c20-18-7-2-1-5-16(18)13-24-10-3-6-17(14-24)19(25)22-8-4-11-23-12-9-21-15-23/h1-2,5,7,9,12,15,17H,3-4,6,8,10-11,13-14H2,(H,22,25). The van der Waals surface area contributed by atoms with Crippen LogP contribution in [-0.4, -0.2) is 40.0 Å². The Labute approximate surface area is 154 Å². The maximum Gasteiger partial charge on any atom is 0.224 e. The van der Waals surface area contributed by atoms with Crippen LogP contribution in [0, 0.1) is 5.92 Å². The van der Waals surface area contributed by atoms with Gasteiger partial charge in [-0.15, -0.1) is 0 Å². The molecular weight excluding hydrogens is 336 g/mol. The Morgan fingerprint density at radius 1 is 1.36 bits per heavy atom. The first kappa shape index (κ1) is 18.0. The van der Waals surface area contributed by atoms with Crippen LogP contribution < -0.4 is 5.32 Å². The molecule has 1 unspecified atom stereocenters. The zero-order valence-electron chi connectivity index (χ0n) is 14.4. The van der Waals surface area contributed by atoms with Crippen LogP contribution in [-0.2, 0) is 17.9 Å². The van der Waals surface area contributed by atoms with Crippen molar-refractivity contribution < 1.29 is 4.79 Å². The van der Waals surface area contributed by atoms with Gasteiger partial charge >= 0.3 is 0 Å². The number of benzene rings is 1. The van der Waals surface area contributed by atoms with Crippen molar-refractivity contribution in [2.75, 3.05) is 19.6 Å². The van der Waals surface area contributed by atoms with Crippen molar-refractivity contribution in [2.45, 2.75) is 32.4 Å². The zero-order valence-corrected chi connectivity index (χ0v) is 15.2. The maximum atomic E-state index is 12.4. The van der Waals surface area contributed by atoms with E-state index in [1.165, 1.54) is 0 Å². The second-order valence-corrected chi connectivity index (χ2v) is 7.02. The highest BCUT2D eigenvalue weighted by molar-refractivity contribution is 6.31. The first-order valence-corrected chi connectivity index (χ1v) is 9.29. The molecule has 3 rings (SSSR count). The highest BCUT2D eigenvalue weighted by Crippen LogP contribution is 2.22. The molecule has 5 nitrogen and oxygen atoms in total. The summed E-state index contributed by atoms with van der Waals surface area (Å²) in [6.07, 6.45) is 8.45. The van der Waals surface area contributed by atoms with Crippen molar-refractivity contribution in [3.05, 3.63) is 53.6 Å². The molecule has 1 aromatic heterocycles. The number of aromatic nitrogens is 2. The van der Waals surface area contributed by atoms with E-state index in [0.717, 1.165) is 56.0 Å². The molecule has 1 saturated heterocycles. The molecular formula is C19H25ClN4O. The predicted octanol–water partition coefficient (Wildman–Crippen LogP) is 2.96. The van der Waals surface area contributed by atoms with Gasteiger partial charge in [-0.2, -0.15) is 0 Å². The van der Waals surface area contributed by atoms with Gasteiger partial charge in [-0.25, -0.2) is 4.98 Å². The maximum absolute atomic E-state index is 12.4. The Bertz CT molecular complexity index is 674. The fourth-order valence-electron chi connectivity index (χ4n) is 3.32. The van der Waals surface area contributed by atoms with Gasteiger partial charge in [0.2, 0.25) is 5.91 Å². The van der Waals surface area contributed by atoms with E-state index < -0.39 is 0 Å². The quantitative estimate of drug-likeness (QED) is 0.772. The van der Waals surface area contributed by atoms with Gasteiger partial charge in [-0.05, 0) is 37.4 Å². The van der Waals surface area contributed by atoms with E-state index in [0.29, 0.717) is 6.54 Å². The lowest BCUT2D eigenvalue weighted by Gasteiger charge is -2.32. The van der Waals surface area contributed by atoms with Gasteiger partial charge in [-0.1, -0.05) is 29.8 Å². The number of carbonyl (C=O) groups is 1. The Kier molecular flexibility index (Phi) is 6.48. The lowest BCUT2D eigenvalue weighted by Crippen LogP contribution is -2.43. The number of aryl methyl sites for hydroxylation is 1. The lowest BCUT2D eigenvalue weighted by atomic mass is 9.96. The number of rotatable bonds is 7. The largest absolute Gasteiger partial charge is 0.356 e. The molecule has 0 saturated carbocycles. The molecule has 6 heteroatoms. The molecule has 1 fully saturated rings. The lowest BCUT2D eigenvalue weighted by molar-refractivity contribution is -0.126. The Balaban J connectivity index is 1.42. The molecule has 1 amide bonds. The summed E-state index contributed by atoms with van der Waals surface area (Å²) in [5, 5.41) is 3.88. The van der Waals surface area contributed by atoms with Crippen LogP contribution in [0.15, 0.2) is 43.0 Å². The van der Waals surface area contributed by atoms with Crippen molar-refractivity contribution in [3.8, 4) is 0 Å². The first-order valence-electron chi connectivity index (χ1n) is 8.91. The Morgan fingerprint density at radius 3 is 3.04 bits per heavy atom. The normalized spacial score (nSPS) is 18.2. The molecule has 1 aliphatic rings. The topological polar surface area (TPSA) is 50.2 Å². The first-order chi connectivity index (χ1) is 12.2. The summed E-state index contributed by atoms with van der Waals surface area (Å²) in [6.45, 7) is 4.22. The van der Waals surface area contributed by atoms with Gasteiger partial charge < -0.3 is 9.88 Å². The molecule has 1 N–H and O–H groups in total. The number of hydrogen-bond donors (Lipinski definition) is 1. The minimum absolute atomic E-state index is 0.0736. The number of nitrogens with one attached hydrogen (secondary N) is 1. The summed E-state index contributed by atoms with van der Waals surface area (Å²) in [7, 11) is 0. The second kappa shape index (κ2) is 9.02. The van der Waals surface area contributed by atoms with E-state index >= 15 is 0 Å². The summed E-state index contributed by atoms with van der Waals surface area (Å²) in [6, 6.07) is 7.94. The van der Waals surface area contributed by atoms with Crippen LogP contribution in [0.5, 0.6) is 0 Å². The van der Waals surface area contributed by atoms with E-state index in [-0.39, 0.29) is 11.8 Å². The minimum Gasteiger partial charge on any atom is -0.356 e. The van der Waals surface area contributed by atoms with Gasteiger partial charge in [0, 0.05) is 43.6 Å². The number of piperidine rings is 1. The van der Waals surface area contributed by atoms with Gasteiger partial charge in [0.05, 0.1) is 12.2 Å². The summed E-state index contributed by atoms with van der Waals surface area (Å²) < 4.78 is 2.03. The smallest absolute Gasteiger partial charge is 0.224 e. The summed E-state index contributed by atoms with van der Waals surface area (Å²) in [5.41, 5.74) is 1.13. The van der Waals surface area contributed by atoms with Crippen LogP contribution in [0.3, 0.4) is 0 Å². The Hall–Kier alpha value is -1.85. The molecule has 0 aliphatic carbocycles. The number of amides is 1. The molecule has 1 aliphatic heterocycles. The molecule has 1 atom stereocenters.